The van der Waals surface area contributed by atoms with Crippen LogP contribution in [0.15, 0.2) is 47.4 Å². The van der Waals surface area contributed by atoms with Crippen molar-refractivity contribution in [1.29, 1.82) is 0 Å². The number of nitrogens with one attached hydrogen (secondary N) is 1. The van der Waals surface area contributed by atoms with Crippen molar-refractivity contribution in [3.05, 3.63) is 58.1 Å². The van der Waals surface area contributed by atoms with Gasteiger partial charge in [0.1, 0.15) is 5.75 Å². The zero-order chi connectivity index (χ0) is 18.6. The van der Waals surface area contributed by atoms with Gasteiger partial charge in [-0.3, -0.25) is 14.8 Å². The van der Waals surface area contributed by atoms with Crippen molar-refractivity contribution in [1.82, 2.24) is 0 Å². The van der Waals surface area contributed by atoms with E-state index < -0.39 is 20.9 Å². The molecule has 0 spiro atoms. The van der Waals surface area contributed by atoms with Crippen LogP contribution < -0.4 is 9.46 Å². The summed E-state index contributed by atoms with van der Waals surface area (Å²) in [6.07, 6.45) is 0. The fraction of sp³-hybridized carbons (Fsp3) is 0.133. The number of ether oxygens (including phenoxy) is 2. The van der Waals surface area contributed by atoms with E-state index in [1.54, 1.807) is 0 Å². The van der Waals surface area contributed by atoms with Crippen LogP contribution in [-0.2, 0) is 14.8 Å². The van der Waals surface area contributed by atoms with Crippen molar-refractivity contribution in [3.8, 4) is 5.75 Å². The van der Waals surface area contributed by atoms with E-state index in [1.807, 2.05) is 0 Å². The number of methoxy groups -OCH3 is 2. The highest BCUT2D eigenvalue weighted by atomic mass is 32.2. The quantitative estimate of drug-likeness (QED) is 0.472. The Hall–Kier alpha value is -3.14. The van der Waals surface area contributed by atoms with E-state index in [4.69, 9.17) is 4.74 Å². The van der Waals surface area contributed by atoms with Gasteiger partial charge >= 0.3 is 5.97 Å². The van der Waals surface area contributed by atoms with Crippen LogP contribution >= 0.6 is 0 Å². The Morgan fingerprint density at radius 2 is 1.76 bits per heavy atom. The molecule has 1 N–H and O–H groups in total. The molecule has 0 atom stereocenters. The number of nitro benzene ring substituents is 1. The van der Waals surface area contributed by atoms with Gasteiger partial charge in [-0.1, -0.05) is 0 Å². The van der Waals surface area contributed by atoms with Gasteiger partial charge in [0.05, 0.1) is 35.3 Å². The molecule has 25 heavy (non-hydrogen) atoms. The second kappa shape index (κ2) is 7.18. The summed E-state index contributed by atoms with van der Waals surface area (Å²) in [6, 6.07) is 8.50. The Morgan fingerprint density at radius 1 is 1.12 bits per heavy atom. The van der Waals surface area contributed by atoms with E-state index in [-0.39, 0.29) is 21.8 Å². The van der Waals surface area contributed by atoms with Crippen LogP contribution in [0.4, 0.5) is 11.4 Å². The highest BCUT2D eigenvalue weighted by molar-refractivity contribution is 7.92. The highest BCUT2D eigenvalue weighted by Crippen LogP contribution is 2.26. The second-order valence-corrected chi connectivity index (χ2v) is 6.44. The minimum absolute atomic E-state index is 0.00833. The Morgan fingerprint density at radius 3 is 2.28 bits per heavy atom. The fourth-order valence-corrected chi connectivity index (χ4v) is 3.05. The summed E-state index contributed by atoms with van der Waals surface area (Å²) < 4.78 is 36.8. The molecule has 10 heteroatoms. The molecular formula is C15H14N2O7S. The van der Waals surface area contributed by atoms with E-state index in [1.165, 1.54) is 25.3 Å². The number of hydrogen-bond donors (Lipinski definition) is 1. The van der Waals surface area contributed by atoms with Crippen LogP contribution in [0.5, 0.6) is 5.75 Å². The van der Waals surface area contributed by atoms with Gasteiger partial charge in [-0.15, -0.1) is 0 Å². The largest absolute Gasteiger partial charge is 0.497 e. The van der Waals surface area contributed by atoms with Gasteiger partial charge in [-0.2, -0.15) is 0 Å². The van der Waals surface area contributed by atoms with Gasteiger partial charge in [0, 0.05) is 12.1 Å². The van der Waals surface area contributed by atoms with Crippen LogP contribution in [0.2, 0.25) is 0 Å². The number of carbonyl (C=O) groups is 1. The minimum Gasteiger partial charge on any atom is -0.497 e. The zero-order valence-corrected chi connectivity index (χ0v) is 14.1. The molecule has 0 unspecified atom stereocenters. The number of rotatable bonds is 6. The van der Waals surface area contributed by atoms with Crippen molar-refractivity contribution in [3.63, 3.8) is 0 Å². The number of esters is 1. The average Bonchev–Trinajstić information content (AvgIpc) is 2.61. The summed E-state index contributed by atoms with van der Waals surface area (Å²) in [5.74, 6) is -0.404. The molecule has 0 aromatic heterocycles. The van der Waals surface area contributed by atoms with Crippen LogP contribution in [0.25, 0.3) is 0 Å². The van der Waals surface area contributed by atoms with Crippen molar-refractivity contribution >= 4 is 27.4 Å². The first-order valence-corrected chi connectivity index (χ1v) is 8.30. The zero-order valence-electron chi connectivity index (χ0n) is 13.3. The summed E-state index contributed by atoms with van der Waals surface area (Å²) in [5, 5.41) is 10.6. The highest BCUT2D eigenvalue weighted by Gasteiger charge is 2.20. The lowest BCUT2D eigenvalue weighted by atomic mass is 10.2. The molecule has 0 aliphatic heterocycles. The first-order chi connectivity index (χ1) is 11.8. The van der Waals surface area contributed by atoms with E-state index >= 15 is 0 Å². The molecular weight excluding hydrogens is 352 g/mol. The van der Waals surface area contributed by atoms with Gasteiger partial charge in [0.2, 0.25) is 0 Å². The van der Waals surface area contributed by atoms with Crippen LogP contribution in [0, 0.1) is 10.1 Å². The third kappa shape index (κ3) is 4.04. The minimum atomic E-state index is -4.06. The molecule has 2 aromatic carbocycles. The number of carbonyl (C=O) groups excluding carboxylic acids is 1. The van der Waals surface area contributed by atoms with Crippen LogP contribution in [0.1, 0.15) is 10.4 Å². The molecule has 132 valence electrons. The molecule has 0 amide bonds. The topological polar surface area (TPSA) is 125 Å². The molecule has 0 fully saturated rings. The molecule has 0 radical (unpaired) electrons. The molecule has 0 saturated heterocycles. The van der Waals surface area contributed by atoms with Crippen molar-refractivity contribution in [2.45, 2.75) is 4.90 Å². The van der Waals surface area contributed by atoms with Crippen molar-refractivity contribution in [2.24, 2.45) is 0 Å². The molecule has 9 nitrogen and oxygen atoms in total. The molecule has 0 heterocycles. The normalized spacial score (nSPS) is 10.8. The van der Waals surface area contributed by atoms with Gasteiger partial charge in [-0.25, -0.2) is 13.2 Å². The monoisotopic (exact) mass is 366 g/mol. The summed E-state index contributed by atoms with van der Waals surface area (Å²) in [7, 11) is -1.50. The lowest BCUT2D eigenvalue weighted by Crippen LogP contribution is -2.16. The Balaban J connectivity index is 2.40. The number of anilines is 1. The van der Waals surface area contributed by atoms with Gasteiger partial charge in [-0.05, 0) is 30.3 Å². The number of hydrogen-bond acceptors (Lipinski definition) is 7. The summed E-state index contributed by atoms with van der Waals surface area (Å²) in [6.45, 7) is 0. The van der Waals surface area contributed by atoms with Crippen molar-refractivity contribution in [2.75, 3.05) is 18.9 Å². The lowest BCUT2D eigenvalue weighted by Gasteiger charge is -2.12. The van der Waals surface area contributed by atoms with Crippen LogP contribution in [0.3, 0.4) is 0 Å². The SMILES string of the molecule is COC(=O)c1cc(OC)ccc1NS(=O)(=O)c1ccc([N+](=O)[O-])cc1. The summed E-state index contributed by atoms with van der Waals surface area (Å²) in [4.78, 5) is 21.7. The van der Waals surface area contributed by atoms with Crippen molar-refractivity contribution < 1.29 is 27.6 Å². The molecule has 2 rings (SSSR count). The number of sulfonamides is 1. The average molecular weight is 366 g/mol. The van der Waals surface area contributed by atoms with E-state index in [0.29, 0.717) is 5.75 Å². The molecule has 0 bridgehead atoms. The molecule has 0 aliphatic rings. The summed E-state index contributed by atoms with van der Waals surface area (Å²) >= 11 is 0. The standard InChI is InChI=1S/C15H14N2O7S/c1-23-11-5-8-14(13(9-11)15(18)24-2)16-25(21,22)12-6-3-10(4-7-12)17(19)20/h3-9,16H,1-2H3. The Labute approximate surface area is 143 Å². The van der Waals surface area contributed by atoms with E-state index in [9.17, 15) is 23.3 Å². The maximum Gasteiger partial charge on any atom is 0.340 e. The first kappa shape index (κ1) is 18.2. The predicted octanol–water partition coefficient (Wildman–Crippen LogP) is 2.19. The number of nitro groups is 1. The van der Waals surface area contributed by atoms with Crippen LogP contribution in [-0.4, -0.2) is 33.5 Å². The third-order valence-corrected chi connectivity index (χ3v) is 4.62. The van der Waals surface area contributed by atoms with Gasteiger partial charge in [0.15, 0.2) is 0 Å². The third-order valence-electron chi connectivity index (χ3n) is 3.23. The maximum absolute atomic E-state index is 12.4. The smallest absolute Gasteiger partial charge is 0.340 e. The Kier molecular flexibility index (Phi) is 5.22. The second-order valence-electron chi connectivity index (χ2n) is 4.76. The molecule has 0 aliphatic carbocycles. The molecule has 2 aromatic rings. The number of benzene rings is 2. The Bertz CT molecular complexity index is 908. The lowest BCUT2D eigenvalue weighted by molar-refractivity contribution is -0.384. The number of nitrogens with zero attached hydrogens (tertiary/aromatic N) is 1. The molecule has 0 saturated carbocycles. The van der Waals surface area contributed by atoms with Gasteiger partial charge in [0.25, 0.3) is 15.7 Å². The van der Waals surface area contributed by atoms with E-state index in [2.05, 4.69) is 9.46 Å². The predicted molar refractivity (Wildman–Crippen MR) is 88.2 cm³/mol. The fourth-order valence-electron chi connectivity index (χ4n) is 1.97. The van der Waals surface area contributed by atoms with E-state index in [0.717, 1.165) is 31.4 Å². The number of non-ortho nitro benzene ring substituents is 1. The van der Waals surface area contributed by atoms with Gasteiger partial charge < -0.3 is 9.47 Å². The first-order valence-electron chi connectivity index (χ1n) is 6.82. The summed E-state index contributed by atoms with van der Waals surface area (Å²) in [5.41, 5.74) is -0.281. The maximum atomic E-state index is 12.4.